The fourth-order valence-electron chi connectivity index (χ4n) is 2.29. The first-order chi connectivity index (χ1) is 12.0. The molecule has 0 atom stereocenters. The molecule has 0 unspecified atom stereocenters. The second-order valence-electron chi connectivity index (χ2n) is 5.60. The molecule has 0 saturated carbocycles. The van der Waals surface area contributed by atoms with Crippen molar-refractivity contribution in [3.8, 4) is 0 Å². The van der Waals surface area contributed by atoms with Gasteiger partial charge < -0.3 is 10.6 Å². The zero-order chi connectivity index (χ0) is 17.8. The number of aryl methyl sites for hydroxylation is 1. The van der Waals surface area contributed by atoms with E-state index in [9.17, 15) is 4.39 Å². The van der Waals surface area contributed by atoms with E-state index in [0.717, 1.165) is 11.3 Å². The van der Waals surface area contributed by atoms with Crippen molar-refractivity contribution in [2.24, 2.45) is 0 Å². The minimum atomic E-state index is -0.280. The van der Waals surface area contributed by atoms with Crippen molar-refractivity contribution in [2.45, 2.75) is 13.5 Å². The van der Waals surface area contributed by atoms with Gasteiger partial charge >= 0.3 is 0 Å². The largest absolute Gasteiger partial charge is 0.332 e. The van der Waals surface area contributed by atoms with Crippen LogP contribution in [0.3, 0.4) is 0 Å². The second kappa shape index (κ2) is 7.63. The lowest BCUT2D eigenvalue weighted by atomic mass is 10.2. The molecule has 0 aliphatic carbocycles. The standard InChI is InChI=1S/C18H16ClFN4S/c1-12-5-7-15(8-6-12)21-18(25)22-17-16(19)11-24(23-17)10-13-3-2-4-14(20)9-13/h2-9,11H,10H2,1H3,(H2,21,22,23,25). The lowest BCUT2D eigenvalue weighted by molar-refractivity contribution is 0.619. The summed E-state index contributed by atoms with van der Waals surface area (Å²) in [4.78, 5) is 0. The van der Waals surface area contributed by atoms with E-state index in [-0.39, 0.29) is 5.82 Å². The predicted octanol–water partition coefficient (Wildman–Crippen LogP) is 4.84. The molecule has 1 heterocycles. The molecule has 2 aromatic carbocycles. The molecule has 2 N–H and O–H groups in total. The molecule has 1 aromatic heterocycles. The summed E-state index contributed by atoms with van der Waals surface area (Å²) in [7, 11) is 0. The molecular weight excluding hydrogens is 359 g/mol. The first kappa shape index (κ1) is 17.4. The van der Waals surface area contributed by atoms with E-state index in [0.29, 0.717) is 22.5 Å². The van der Waals surface area contributed by atoms with Gasteiger partial charge in [-0.3, -0.25) is 4.68 Å². The highest BCUT2D eigenvalue weighted by Crippen LogP contribution is 2.20. The summed E-state index contributed by atoms with van der Waals surface area (Å²) >= 11 is 11.5. The van der Waals surface area contributed by atoms with Crippen LogP contribution >= 0.6 is 23.8 Å². The van der Waals surface area contributed by atoms with E-state index in [2.05, 4.69) is 15.7 Å². The van der Waals surface area contributed by atoms with Crippen molar-refractivity contribution >= 4 is 40.4 Å². The second-order valence-corrected chi connectivity index (χ2v) is 6.41. The Morgan fingerprint density at radius 1 is 1.20 bits per heavy atom. The lowest BCUT2D eigenvalue weighted by Crippen LogP contribution is -2.19. The van der Waals surface area contributed by atoms with Crippen LogP contribution in [-0.4, -0.2) is 14.9 Å². The molecule has 0 spiro atoms. The minimum Gasteiger partial charge on any atom is -0.332 e. The average molecular weight is 375 g/mol. The highest BCUT2D eigenvalue weighted by molar-refractivity contribution is 7.80. The van der Waals surface area contributed by atoms with Crippen molar-refractivity contribution in [3.63, 3.8) is 0 Å². The summed E-state index contributed by atoms with van der Waals surface area (Å²) in [6, 6.07) is 14.2. The fourth-order valence-corrected chi connectivity index (χ4v) is 2.70. The van der Waals surface area contributed by atoms with Gasteiger partial charge in [0.25, 0.3) is 0 Å². The molecule has 0 amide bonds. The summed E-state index contributed by atoms with van der Waals surface area (Å²) in [5, 5.41) is 11.2. The van der Waals surface area contributed by atoms with E-state index in [1.807, 2.05) is 37.3 Å². The molecule has 25 heavy (non-hydrogen) atoms. The molecule has 0 aliphatic heterocycles. The van der Waals surface area contributed by atoms with Crippen molar-refractivity contribution in [2.75, 3.05) is 10.6 Å². The maximum atomic E-state index is 13.3. The Balaban J connectivity index is 1.65. The van der Waals surface area contributed by atoms with Crippen molar-refractivity contribution in [3.05, 3.63) is 76.7 Å². The average Bonchev–Trinajstić information content (AvgIpc) is 2.89. The Morgan fingerprint density at radius 3 is 2.68 bits per heavy atom. The number of nitrogens with one attached hydrogen (secondary N) is 2. The molecular formula is C18H16ClFN4S. The van der Waals surface area contributed by atoms with Gasteiger partial charge in [0.2, 0.25) is 0 Å². The van der Waals surface area contributed by atoms with Crippen molar-refractivity contribution in [1.29, 1.82) is 0 Å². The normalized spacial score (nSPS) is 10.5. The highest BCUT2D eigenvalue weighted by Gasteiger charge is 2.09. The number of thiocarbonyl (C=S) groups is 1. The van der Waals surface area contributed by atoms with Crippen LogP contribution in [0.5, 0.6) is 0 Å². The van der Waals surface area contributed by atoms with Crippen LogP contribution in [0.4, 0.5) is 15.9 Å². The minimum absolute atomic E-state index is 0.280. The molecule has 0 aliphatic rings. The van der Waals surface area contributed by atoms with Gasteiger partial charge in [0, 0.05) is 11.9 Å². The third-order valence-corrected chi connectivity index (χ3v) is 3.97. The number of hydrogen-bond donors (Lipinski definition) is 2. The maximum Gasteiger partial charge on any atom is 0.176 e. The van der Waals surface area contributed by atoms with Gasteiger partial charge in [0.1, 0.15) is 10.8 Å². The third-order valence-electron chi connectivity index (χ3n) is 3.49. The van der Waals surface area contributed by atoms with Crippen LogP contribution in [0.2, 0.25) is 5.02 Å². The Labute approximate surface area is 155 Å². The Hall–Kier alpha value is -2.44. The summed E-state index contributed by atoms with van der Waals surface area (Å²) < 4.78 is 14.9. The number of nitrogens with zero attached hydrogens (tertiary/aromatic N) is 2. The number of anilines is 2. The van der Waals surface area contributed by atoms with Gasteiger partial charge in [-0.15, -0.1) is 0 Å². The van der Waals surface area contributed by atoms with Gasteiger partial charge in [-0.05, 0) is 49.0 Å². The highest BCUT2D eigenvalue weighted by atomic mass is 35.5. The molecule has 7 heteroatoms. The number of hydrogen-bond acceptors (Lipinski definition) is 2. The van der Waals surface area contributed by atoms with Crippen LogP contribution in [-0.2, 0) is 6.54 Å². The molecule has 0 radical (unpaired) electrons. The van der Waals surface area contributed by atoms with Gasteiger partial charge in [-0.25, -0.2) is 4.39 Å². The van der Waals surface area contributed by atoms with E-state index < -0.39 is 0 Å². The maximum absolute atomic E-state index is 13.3. The fraction of sp³-hybridized carbons (Fsp3) is 0.111. The van der Waals surface area contributed by atoms with Crippen LogP contribution < -0.4 is 10.6 Å². The van der Waals surface area contributed by atoms with Crippen molar-refractivity contribution in [1.82, 2.24) is 9.78 Å². The van der Waals surface area contributed by atoms with Gasteiger partial charge in [-0.2, -0.15) is 5.10 Å². The van der Waals surface area contributed by atoms with Gasteiger partial charge in [0.15, 0.2) is 10.9 Å². The lowest BCUT2D eigenvalue weighted by Gasteiger charge is -2.09. The predicted molar refractivity (Wildman–Crippen MR) is 104 cm³/mol. The van der Waals surface area contributed by atoms with Crippen LogP contribution in [0.15, 0.2) is 54.7 Å². The van der Waals surface area contributed by atoms with E-state index in [1.165, 1.54) is 17.7 Å². The monoisotopic (exact) mass is 374 g/mol. The first-order valence-electron chi connectivity index (χ1n) is 7.62. The number of rotatable bonds is 4. The zero-order valence-corrected chi connectivity index (χ0v) is 15.0. The SMILES string of the molecule is Cc1ccc(NC(=S)Nc2nn(Cc3cccc(F)c3)cc2Cl)cc1. The summed E-state index contributed by atoms with van der Waals surface area (Å²) in [5.41, 5.74) is 2.84. The Kier molecular flexibility index (Phi) is 5.31. The molecule has 0 fully saturated rings. The summed E-state index contributed by atoms with van der Waals surface area (Å²) in [6.45, 7) is 2.43. The van der Waals surface area contributed by atoms with Crippen molar-refractivity contribution < 1.29 is 4.39 Å². The Morgan fingerprint density at radius 2 is 1.96 bits per heavy atom. The topological polar surface area (TPSA) is 41.9 Å². The summed E-state index contributed by atoms with van der Waals surface area (Å²) in [5.74, 6) is 0.167. The third kappa shape index (κ3) is 4.78. The quantitative estimate of drug-likeness (QED) is 0.641. The van der Waals surface area contributed by atoms with Crippen LogP contribution in [0, 0.1) is 12.7 Å². The van der Waals surface area contributed by atoms with E-state index in [4.69, 9.17) is 23.8 Å². The first-order valence-corrected chi connectivity index (χ1v) is 8.40. The number of aromatic nitrogens is 2. The smallest absolute Gasteiger partial charge is 0.176 e. The molecule has 3 rings (SSSR count). The van der Waals surface area contributed by atoms with E-state index in [1.54, 1.807) is 16.9 Å². The Bertz CT molecular complexity index is 892. The van der Waals surface area contributed by atoms with Gasteiger partial charge in [0.05, 0.1) is 6.54 Å². The summed E-state index contributed by atoms with van der Waals surface area (Å²) in [6.07, 6.45) is 1.67. The van der Waals surface area contributed by atoms with Crippen LogP contribution in [0.25, 0.3) is 0 Å². The number of halogens is 2. The number of benzene rings is 2. The molecule has 128 valence electrons. The zero-order valence-electron chi connectivity index (χ0n) is 13.5. The van der Waals surface area contributed by atoms with Gasteiger partial charge in [-0.1, -0.05) is 41.4 Å². The molecule has 0 saturated heterocycles. The molecule has 3 aromatic rings. The molecule has 4 nitrogen and oxygen atoms in total. The molecule has 0 bridgehead atoms. The van der Waals surface area contributed by atoms with Crippen LogP contribution in [0.1, 0.15) is 11.1 Å². The van der Waals surface area contributed by atoms with E-state index >= 15 is 0 Å².